The molecule has 2 N–H and O–H groups in total. The highest BCUT2D eigenvalue weighted by atomic mass is 16.3. The monoisotopic (exact) mass is 334 g/mol. The van der Waals surface area contributed by atoms with Crippen LogP contribution in [0.1, 0.15) is 40.6 Å². The summed E-state index contributed by atoms with van der Waals surface area (Å²) in [5, 5.41) is 2.96. The predicted octanol–water partition coefficient (Wildman–Crippen LogP) is 3.44. The van der Waals surface area contributed by atoms with E-state index in [1.807, 2.05) is 36.4 Å². The molecule has 1 aromatic carbocycles. The Kier molecular flexibility index (Phi) is 3.98. The van der Waals surface area contributed by atoms with E-state index in [2.05, 4.69) is 10.3 Å². The summed E-state index contributed by atoms with van der Waals surface area (Å²) in [4.78, 5) is 27.7. The van der Waals surface area contributed by atoms with Crippen molar-refractivity contribution in [2.24, 2.45) is 0 Å². The molecule has 2 aromatic heterocycles. The minimum absolute atomic E-state index is 0.108. The van der Waals surface area contributed by atoms with Crippen molar-refractivity contribution in [3.63, 3.8) is 0 Å². The molecule has 0 unspecified atom stereocenters. The number of benzene rings is 1. The SMILES string of the molecule is O=C(N[C@H]1CCCc2occc21)c1ccc(-c2ccccc2)[nH]c1=O. The highest BCUT2D eigenvalue weighted by Gasteiger charge is 2.25. The second-order valence-electron chi connectivity index (χ2n) is 6.20. The predicted molar refractivity (Wildman–Crippen MR) is 94.4 cm³/mol. The molecule has 0 bridgehead atoms. The van der Waals surface area contributed by atoms with Gasteiger partial charge >= 0.3 is 0 Å². The Bertz CT molecular complexity index is 956. The van der Waals surface area contributed by atoms with Crippen LogP contribution in [-0.2, 0) is 6.42 Å². The summed E-state index contributed by atoms with van der Waals surface area (Å²) in [5.74, 6) is 0.560. The van der Waals surface area contributed by atoms with E-state index in [9.17, 15) is 9.59 Å². The zero-order chi connectivity index (χ0) is 17.2. The van der Waals surface area contributed by atoms with E-state index < -0.39 is 0 Å². The molecule has 2 heterocycles. The van der Waals surface area contributed by atoms with Gasteiger partial charge in [0.25, 0.3) is 11.5 Å². The second kappa shape index (κ2) is 6.43. The zero-order valence-corrected chi connectivity index (χ0v) is 13.6. The van der Waals surface area contributed by atoms with Gasteiger partial charge in [0.15, 0.2) is 0 Å². The van der Waals surface area contributed by atoms with E-state index in [1.54, 1.807) is 18.4 Å². The molecule has 5 heteroatoms. The maximum absolute atomic E-state index is 12.6. The van der Waals surface area contributed by atoms with Crippen LogP contribution < -0.4 is 10.9 Å². The Morgan fingerprint density at radius 2 is 1.96 bits per heavy atom. The molecular weight excluding hydrogens is 316 g/mol. The number of pyridine rings is 1. The van der Waals surface area contributed by atoms with Crippen LogP contribution >= 0.6 is 0 Å². The lowest BCUT2D eigenvalue weighted by molar-refractivity contribution is 0.0930. The number of H-pyrrole nitrogens is 1. The molecule has 0 fully saturated rings. The van der Waals surface area contributed by atoms with Crippen LogP contribution in [0.3, 0.4) is 0 Å². The molecule has 4 rings (SSSR count). The maximum Gasteiger partial charge on any atom is 0.261 e. The third kappa shape index (κ3) is 3.01. The summed E-state index contributed by atoms with van der Waals surface area (Å²) in [6, 6.07) is 14.7. The number of fused-ring (bicyclic) bond motifs is 1. The van der Waals surface area contributed by atoms with E-state index in [0.29, 0.717) is 5.69 Å². The smallest absolute Gasteiger partial charge is 0.261 e. The van der Waals surface area contributed by atoms with Crippen molar-refractivity contribution >= 4 is 5.91 Å². The van der Waals surface area contributed by atoms with Crippen molar-refractivity contribution < 1.29 is 9.21 Å². The minimum atomic E-state index is -0.387. The average molecular weight is 334 g/mol. The first-order chi connectivity index (χ1) is 12.2. The van der Waals surface area contributed by atoms with Gasteiger partial charge in [-0.15, -0.1) is 0 Å². The highest BCUT2D eigenvalue weighted by molar-refractivity contribution is 5.94. The van der Waals surface area contributed by atoms with Gasteiger partial charge in [0.1, 0.15) is 11.3 Å². The second-order valence-corrected chi connectivity index (χ2v) is 6.20. The first kappa shape index (κ1) is 15.4. The fourth-order valence-electron chi connectivity index (χ4n) is 3.31. The molecule has 0 spiro atoms. The van der Waals surface area contributed by atoms with Gasteiger partial charge in [-0.05, 0) is 36.6 Å². The fourth-order valence-corrected chi connectivity index (χ4v) is 3.31. The number of hydrogen-bond donors (Lipinski definition) is 2. The van der Waals surface area contributed by atoms with Gasteiger partial charge < -0.3 is 14.7 Å². The van der Waals surface area contributed by atoms with Crippen LogP contribution in [-0.4, -0.2) is 10.9 Å². The quantitative estimate of drug-likeness (QED) is 0.770. The Morgan fingerprint density at radius 3 is 2.76 bits per heavy atom. The van der Waals surface area contributed by atoms with E-state index in [4.69, 9.17) is 4.42 Å². The Hall–Kier alpha value is -3.08. The maximum atomic E-state index is 12.6. The molecular formula is C20H18N2O3. The summed E-state index contributed by atoms with van der Waals surface area (Å²) >= 11 is 0. The number of furan rings is 1. The Balaban J connectivity index is 1.57. The number of rotatable bonds is 3. The molecule has 25 heavy (non-hydrogen) atoms. The lowest BCUT2D eigenvalue weighted by Crippen LogP contribution is -2.34. The number of aromatic amines is 1. The first-order valence-electron chi connectivity index (χ1n) is 8.38. The number of aromatic nitrogens is 1. The van der Waals surface area contributed by atoms with Crippen molar-refractivity contribution in [3.8, 4) is 11.3 Å². The summed E-state index contributed by atoms with van der Waals surface area (Å²) in [6.45, 7) is 0. The van der Waals surface area contributed by atoms with Crippen molar-refractivity contribution in [3.05, 3.63) is 82.0 Å². The van der Waals surface area contributed by atoms with Crippen LogP contribution in [0.15, 0.2) is 64.0 Å². The summed E-state index contributed by atoms with van der Waals surface area (Å²) in [7, 11) is 0. The Labute approximate surface area is 144 Å². The molecule has 1 aliphatic rings. The van der Waals surface area contributed by atoms with Gasteiger partial charge in [0.05, 0.1) is 12.3 Å². The van der Waals surface area contributed by atoms with Crippen molar-refractivity contribution in [1.82, 2.24) is 10.3 Å². The van der Waals surface area contributed by atoms with Crippen LogP contribution in [0.25, 0.3) is 11.3 Å². The fraction of sp³-hybridized carbons (Fsp3) is 0.200. The van der Waals surface area contributed by atoms with Gasteiger partial charge in [0, 0.05) is 17.7 Å². The third-order valence-electron chi connectivity index (χ3n) is 4.60. The number of nitrogens with one attached hydrogen (secondary N) is 2. The number of hydrogen-bond acceptors (Lipinski definition) is 3. The van der Waals surface area contributed by atoms with Crippen LogP contribution in [0, 0.1) is 0 Å². The lowest BCUT2D eigenvalue weighted by atomic mass is 9.93. The average Bonchev–Trinajstić information content (AvgIpc) is 3.12. The van der Waals surface area contributed by atoms with Crippen LogP contribution in [0.5, 0.6) is 0 Å². The standard InChI is InChI=1S/C20H18N2O3/c23-19-15(9-10-16(21-19)13-5-2-1-3-6-13)20(24)22-17-7-4-8-18-14(17)11-12-25-18/h1-3,5-6,9-12,17H,4,7-8H2,(H,21,23)(H,22,24)/t17-/m0/s1. The molecule has 126 valence electrons. The molecule has 0 aliphatic heterocycles. The van der Waals surface area contributed by atoms with Gasteiger partial charge in [0.2, 0.25) is 0 Å². The first-order valence-corrected chi connectivity index (χ1v) is 8.38. The third-order valence-corrected chi connectivity index (χ3v) is 4.60. The molecule has 3 aromatic rings. The van der Waals surface area contributed by atoms with Gasteiger partial charge in [-0.25, -0.2) is 0 Å². The normalized spacial score (nSPS) is 16.2. The van der Waals surface area contributed by atoms with E-state index in [0.717, 1.165) is 36.1 Å². The number of aryl methyl sites for hydroxylation is 1. The zero-order valence-electron chi connectivity index (χ0n) is 13.6. The van der Waals surface area contributed by atoms with E-state index in [1.165, 1.54) is 0 Å². The minimum Gasteiger partial charge on any atom is -0.469 e. The summed E-state index contributed by atoms with van der Waals surface area (Å²) in [6.07, 6.45) is 4.34. The molecule has 1 atom stereocenters. The molecule has 1 amide bonds. The molecule has 0 radical (unpaired) electrons. The number of carbonyl (C=O) groups is 1. The van der Waals surface area contributed by atoms with E-state index >= 15 is 0 Å². The van der Waals surface area contributed by atoms with Crippen LogP contribution in [0.2, 0.25) is 0 Å². The molecule has 1 aliphatic carbocycles. The van der Waals surface area contributed by atoms with E-state index in [-0.39, 0.29) is 23.1 Å². The molecule has 5 nitrogen and oxygen atoms in total. The number of amides is 1. The van der Waals surface area contributed by atoms with Crippen molar-refractivity contribution in [1.29, 1.82) is 0 Å². The van der Waals surface area contributed by atoms with Gasteiger partial charge in [-0.1, -0.05) is 30.3 Å². The highest BCUT2D eigenvalue weighted by Crippen LogP contribution is 2.30. The summed E-state index contributed by atoms with van der Waals surface area (Å²) in [5.41, 5.74) is 2.34. The van der Waals surface area contributed by atoms with Gasteiger partial charge in [-0.2, -0.15) is 0 Å². The van der Waals surface area contributed by atoms with Crippen LogP contribution in [0.4, 0.5) is 0 Å². The van der Waals surface area contributed by atoms with Crippen molar-refractivity contribution in [2.45, 2.75) is 25.3 Å². The van der Waals surface area contributed by atoms with Crippen molar-refractivity contribution in [2.75, 3.05) is 0 Å². The number of carbonyl (C=O) groups excluding carboxylic acids is 1. The topological polar surface area (TPSA) is 75.1 Å². The largest absolute Gasteiger partial charge is 0.469 e. The Morgan fingerprint density at radius 1 is 1.12 bits per heavy atom. The summed E-state index contributed by atoms with van der Waals surface area (Å²) < 4.78 is 5.44. The molecule has 0 saturated heterocycles. The lowest BCUT2D eigenvalue weighted by Gasteiger charge is -2.22. The van der Waals surface area contributed by atoms with Gasteiger partial charge in [-0.3, -0.25) is 9.59 Å². The molecule has 0 saturated carbocycles.